The van der Waals surface area contributed by atoms with Crippen LogP contribution in [0.5, 0.6) is 0 Å². The molecule has 1 aliphatic heterocycles. The molecule has 1 saturated heterocycles. The van der Waals surface area contributed by atoms with Crippen molar-refractivity contribution < 1.29 is 9.53 Å². The van der Waals surface area contributed by atoms with Crippen LogP contribution >= 0.6 is 34.7 Å². The molecule has 23 heavy (non-hydrogen) atoms. The van der Waals surface area contributed by atoms with Crippen LogP contribution in [0.25, 0.3) is 0 Å². The first-order valence-corrected chi connectivity index (χ1v) is 9.22. The first kappa shape index (κ1) is 16.7. The molecule has 2 aromatic rings. The van der Waals surface area contributed by atoms with E-state index in [1.165, 1.54) is 11.8 Å². The van der Waals surface area contributed by atoms with Crippen LogP contribution < -0.4 is 10.6 Å². The van der Waals surface area contributed by atoms with E-state index in [-0.39, 0.29) is 5.91 Å². The van der Waals surface area contributed by atoms with Gasteiger partial charge in [-0.05, 0) is 25.1 Å². The molecule has 0 spiro atoms. The molecule has 3 rings (SSSR count). The third kappa shape index (κ3) is 4.45. The number of rotatable bonds is 4. The van der Waals surface area contributed by atoms with Gasteiger partial charge in [-0.15, -0.1) is 11.3 Å². The van der Waals surface area contributed by atoms with E-state index in [4.69, 9.17) is 16.3 Å². The third-order valence-electron chi connectivity index (χ3n) is 3.21. The van der Waals surface area contributed by atoms with Crippen LogP contribution in [-0.2, 0) is 9.53 Å². The smallest absolute Gasteiger partial charge is 0.254 e. The number of hydrogen-bond acceptors (Lipinski definition) is 6. The minimum Gasteiger partial charge on any atom is -0.366 e. The molecule has 0 saturated carbocycles. The summed E-state index contributed by atoms with van der Waals surface area (Å²) in [5.74, 6) is -0.163. The van der Waals surface area contributed by atoms with E-state index in [0.717, 1.165) is 21.5 Å². The summed E-state index contributed by atoms with van der Waals surface area (Å²) in [6.07, 6.45) is -0.463. The molecule has 8 heteroatoms. The van der Waals surface area contributed by atoms with Crippen molar-refractivity contribution >= 4 is 46.3 Å². The van der Waals surface area contributed by atoms with Crippen LogP contribution in [0.15, 0.2) is 32.8 Å². The van der Waals surface area contributed by atoms with E-state index in [0.29, 0.717) is 23.9 Å². The highest BCUT2D eigenvalue weighted by atomic mass is 35.5. The van der Waals surface area contributed by atoms with Gasteiger partial charge in [0, 0.05) is 34.7 Å². The highest BCUT2D eigenvalue weighted by Gasteiger charge is 2.21. The fraction of sp³-hybridized carbons (Fsp3) is 0.333. The summed E-state index contributed by atoms with van der Waals surface area (Å²) in [7, 11) is 0. The van der Waals surface area contributed by atoms with Gasteiger partial charge in [-0.1, -0.05) is 23.4 Å². The number of nitrogens with one attached hydrogen (secondary N) is 2. The van der Waals surface area contributed by atoms with E-state index in [1.807, 2.05) is 24.4 Å². The van der Waals surface area contributed by atoms with Gasteiger partial charge in [-0.2, -0.15) is 0 Å². The van der Waals surface area contributed by atoms with E-state index in [1.54, 1.807) is 17.4 Å². The average molecular weight is 370 g/mol. The van der Waals surface area contributed by atoms with E-state index in [9.17, 15) is 4.79 Å². The fourth-order valence-electron chi connectivity index (χ4n) is 2.09. The van der Waals surface area contributed by atoms with Crippen molar-refractivity contribution in [3.05, 3.63) is 34.3 Å². The summed E-state index contributed by atoms with van der Waals surface area (Å²) in [5.41, 5.74) is 1.66. The maximum Gasteiger partial charge on any atom is 0.254 e. The Balaban J connectivity index is 1.65. The lowest BCUT2D eigenvalue weighted by Gasteiger charge is -2.22. The molecule has 1 unspecified atom stereocenters. The predicted molar refractivity (Wildman–Crippen MR) is 93.7 cm³/mol. The molecule has 0 bridgehead atoms. The lowest BCUT2D eigenvalue weighted by molar-refractivity contribution is -0.128. The zero-order valence-electron chi connectivity index (χ0n) is 12.5. The summed E-state index contributed by atoms with van der Waals surface area (Å²) < 4.78 is 6.38. The Kier molecular flexibility index (Phi) is 5.55. The first-order chi connectivity index (χ1) is 11.1. The van der Waals surface area contributed by atoms with E-state index < -0.39 is 6.10 Å². The second kappa shape index (κ2) is 7.63. The van der Waals surface area contributed by atoms with Gasteiger partial charge in [0.05, 0.1) is 11.6 Å². The SMILES string of the molecule is Cc1csc(Sc2ccc(NC(=O)C3CNCCO3)cc2Cl)n1. The Morgan fingerprint density at radius 3 is 3.09 bits per heavy atom. The molecule has 2 heterocycles. The lowest BCUT2D eigenvalue weighted by atomic mass is 10.2. The largest absolute Gasteiger partial charge is 0.366 e. The van der Waals surface area contributed by atoms with Crippen molar-refractivity contribution in [1.82, 2.24) is 10.3 Å². The number of morpholine rings is 1. The summed E-state index contributed by atoms with van der Waals surface area (Å²) in [4.78, 5) is 17.4. The van der Waals surface area contributed by atoms with Crippen molar-refractivity contribution in [2.75, 3.05) is 25.0 Å². The molecule has 0 aliphatic carbocycles. The Morgan fingerprint density at radius 2 is 2.43 bits per heavy atom. The molecule has 5 nitrogen and oxygen atoms in total. The quantitative estimate of drug-likeness (QED) is 0.866. The van der Waals surface area contributed by atoms with Gasteiger partial charge >= 0.3 is 0 Å². The van der Waals surface area contributed by atoms with Crippen molar-refractivity contribution in [2.45, 2.75) is 22.3 Å². The third-order valence-corrected chi connectivity index (χ3v) is 5.77. The lowest BCUT2D eigenvalue weighted by Crippen LogP contribution is -2.45. The number of aryl methyl sites for hydroxylation is 1. The second-order valence-electron chi connectivity index (χ2n) is 5.05. The molecule has 1 aromatic carbocycles. The second-order valence-corrected chi connectivity index (χ2v) is 7.61. The number of benzene rings is 1. The first-order valence-electron chi connectivity index (χ1n) is 7.14. The highest BCUT2D eigenvalue weighted by Crippen LogP contribution is 2.36. The van der Waals surface area contributed by atoms with Gasteiger partial charge in [0.1, 0.15) is 6.10 Å². The van der Waals surface area contributed by atoms with Gasteiger partial charge in [-0.25, -0.2) is 4.98 Å². The molecule has 1 amide bonds. The molecule has 0 radical (unpaired) electrons. The Bertz CT molecular complexity index is 702. The Morgan fingerprint density at radius 1 is 1.57 bits per heavy atom. The normalized spacial score (nSPS) is 17.9. The molecule has 2 N–H and O–H groups in total. The molecule has 1 atom stereocenters. The van der Waals surface area contributed by atoms with Gasteiger partial charge in [0.25, 0.3) is 5.91 Å². The maximum absolute atomic E-state index is 12.1. The van der Waals surface area contributed by atoms with E-state index in [2.05, 4.69) is 15.6 Å². The molecular formula is C15H16ClN3O2S2. The minimum atomic E-state index is -0.463. The van der Waals surface area contributed by atoms with Crippen molar-refractivity contribution in [3.63, 3.8) is 0 Å². The zero-order chi connectivity index (χ0) is 16.2. The molecular weight excluding hydrogens is 354 g/mol. The number of carbonyl (C=O) groups excluding carboxylic acids is 1. The maximum atomic E-state index is 12.1. The summed E-state index contributed by atoms with van der Waals surface area (Å²) in [6, 6.07) is 5.47. The van der Waals surface area contributed by atoms with E-state index >= 15 is 0 Å². The summed E-state index contributed by atoms with van der Waals surface area (Å²) in [5, 5.41) is 8.56. The van der Waals surface area contributed by atoms with Crippen LogP contribution in [0.4, 0.5) is 5.69 Å². The van der Waals surface area contributed by atoms with Gasteiger partial charge in [0.15, 0.2) is 4.34 Å². The zero-order valence-corrected chi connectivity index (χ0v) is 14.9. The standard InChI is InChI=1S/C15H16ClN3O2S2/c1-9-8-22-15(18-9)23-13-3-2-10(6-11(13)16)19-14(20)12-7-17-4-5-21-12/h2-3,6,8,12,17H,4-5,7H2,1H3,(H,19,20). The van der Waals surface area contributed by atoms with Crippen molar-refractivity contribution in [2.24, 2.45) is 0 Å². The van der Waals surface area contributed by atoms with Crippen LogP contribution in [-0.4, -0.2) is 36.7 Å². The molecule has 1 aromatic heterocycles. The fourth-order valence-corrected chi connectivity index (χ4v) is 4.18. The number of anilines is 1. The monoisotopic (exact) mass is 369 g/mol. The van der Waals surface area contributed by atoms with Gasteiger partial charge in [-0.3, -0.25) is 4.79 Å². The molecule has 1 aliphatic rings. The number of carbonyl (C=O) groups is 1. The minimum absolute atomic E-state index is 0.163. The summed E-state index contributed by atoms with van der Waals surface area (Å²) in [6.45, 7) is 3.80. The number of aromatic nitrogens is 1. The van der Waals surface area contributed by atoms with Crippen molar-refractivity contribution in [3.8, 4) is 0 Å². The number of ether oxygens (including phenoxy) is 1. The molecule has 122 valence electrons. The highest BCUT2D eigenvalue weighted by molar-refractivity contribution is 8.01. The summed E-state index contributed by atoms with van der Waals surface area (Å²) >= 11 is 9.42. The average Bonchev–Trinajstić information content (AvgIpc) is 2.96. The number of thiazole rings is 1. The van der Waals surface area contributed by atoms with Crippen LogP contribution in [0.1, 0.15) is 5.69 Å². The topological polar surface area (TPSA) is 63.2 Å². The van der Waals surface area contributed by atoms with Gasteiger partial charge in [0.2, 0.25) is 0 Å². The number of nitrogens with zero attached hydrogens (tertiary/aromatic N) is 1. The van der Waals surface area contributed by atoms with Crippen LogP contribution in [0.3, 0.4) is 0 Å². The Hall–Kier alpha value is -1.12. The number of hydrogen-bond donors (Lipinski definition) is 2. The predicted octanol–water partition coefficient (Wildman–Crippen LogP) is 3.18. The number of amides is 1. The molecule has 1 fully saturated rings. The van der Waals surface area contributed by atoms with Crippen LogP contribution in [0.2, 0.25) is 5.02 Å². The van der Waals surface area contributed by atoms with Crippen molar-refractivity contribution in [1.29, 1.82) is 0 Å². The Labute approximate surface area is 147 Å². The van der Waals surface area contributed by atoms with Gasteiger partial charge < -0.3 is 15.4 Å². The van der Waals surface area contributed by atoms with Crippen LogP contribution in [0, 0.1) is 6.92 Å². The number of halogens is 1.